The van der Waals surface area contributed by atoms with Crippen molar-refractivity contribution in [2.45, 2.75) is 297 Å². The summed E-state index contributed by atoms with van der Waals surface area (Å²) in [6.45, 7) is 8.55. The maximum atomic E-state index is 11.9. The first-order valence-corrected chi connectivity index (χ1v) is 26.3. The first kappa shape index (κ1) is 61.1. The van der Waals surface area contributed by atoms with E-state index in [1.54, 1.807) is 0 Å². The predicted molar refractivity (Wildman–Crippen MR) is 260 cm³/mol. The van der Waals surface area contributed by atoms with Gasteiger partial charge in [0.15, 0.2) is 0 Å². The fourth-order valence-corrected chi connectivity index (χ4v) is 7.48. The summed E-state index contributed by atoms with van der Waals surface area (Å²) >= 11 is 0. The second kappa shape index (κ2) is 52.4. The number of ether oxygens (including phenoxy) is 2. The Morgan fingerprint density at radius 2 is 0.738 bits per heavy atom. The SMILES string of the molecule is CCCCCCC(O)C/C=C\CCCCCCCC(=O)OC(C)=O.CCCCCCCCCCCCCCCCOC(=O)CCCCCCC/C=C\CC(O)CCCCCC. The number of carbonyl (C=O) groups is 3. The van der Waals surface area contributed by atoms with Crippen LogP contribution in [0, 0.1) is 0 Å². The maximum Gasteiger partial charge on any atom is 0.313 e. The molecule has 0 aromatic carbocycles. The molecular weight excluding hydrogens is 761 g/mol. The van der Waals surface area contributed by atoms with Gasteiger partial charge in [-0.2, -0.15) is 0 Å². The molecule has 0 aliphatic carbocycles. The fraction of sp³-hybridized carbons (Fsp3) is 0.870. The average Bonchev–Trinajstić information content (AvgIpc) is 3.23. The minimum absolute atomic E-state index is 0.00845. The second-order valence-electron chi connectivity index (χ2n) is 17.8. The third-order valence-electron chi connectivity index (χ3n) is 11.5. The van der Waals surface area contributed by atoms with Crippen molar-refractivity contribution in [1.82, 2.24) is 0 Å². The van der Waals surface area contributed by atoms with E-state index in [4.69, 9.17) is 4.74 Å². The monoisotopic (exact) mass is 863 g/mol. The Bertz CT molecular complexity index is 976. The zero-order valence-corrected chi connectivity index (χ0v) is 40.9. The van der Waals surface area contributed by atoms with E-state index in [0.29, 0.717) is 19.4 Å². The molecule has 0 radical (unpaired) electrons. The number of esters is 3. The molecule has 0 aliphatic heterocycles. The summed E-state index contributed by atoms with van der Waals surface area (Å²) in [5, 5.41) is 19.8. The zero-order valence-electron chi connectivity index (χ0n) is 40.9. The summed E-state index contributed by atoms with van der Waals surface area (Å²) in [6.07, 6.45) is 54.3. The van der Waals surface area contributed by atoms with Crippen molar-refractivity contribution in [3.8, 4) is 0 Å². The van der Waals surface area contributed by atoms with Gasteiger partial charge in [0.1, 0.15) is 0 Å². The molecule has 7 heteroatoms. The topological polar surface area (TPSA) is 110 Å². The lowest BCUT2D eigenvalue weighted by molar-refractivity contribution is -0.158. The van der Waals surface area contributed by atoms with Gasteiger partial charge in [-0.3, -0.25) is 14.4 Å². The van der Waals surface area contributed by atoms with Crippen molar-refractivity contribution in [1.29, 1.82) is 0 Å². The zero-order chi connectivity index (χ0) is 45.1. The number of aliphatic hydroxyl groups excluding tert-OH is 2. The van der Waals surface area contributed by atoms with Gasteiger partial charge in [0, 0.05) is 19.8 Å². The van der Waals surface area contributed by atoms with Gasteiger partial charge in [-0.05, 0) is 70.6 Å². The number of hydrogen-bond acceptors (Lipinski definition) is 7. The standard InChI is InChI=1S/C34H66O3.C20H36O4/c1-3-5-7-9-10-11-12-13-14-15-18-21-24-28-32-37-34(36)31-27-23-20-17-16-19-22-26-30-33(35)29-25-8-6-4-2;1-3-4-5-12-15-19(22)16-13-10-8-6-7-9-11-14-17-20(23)24-18(2)21/h22,26,33,35H,3-21,23-25,27-32H2,1-2H3;10,13,19,22H,3-9,11-12,14-17H2,1-2H3/b26-22-;13-10-. The molecule has 0 heterocycles. The molecule has 0 spiro atoms. The van der Waals surface area contributed by atoms with Crippen molar-refractivity contribution in [3.63, 3.8) is 0 Å². The number of hydrogen-bond donors (Lipinski definition) is 2. The van der Waals surface area contributed by atoms with E-state index in [2.05, 4.69) is 49.8 Å². The van der Waals surface area contributed by atoms with Crippen LogP contribution in [-0.2, 0) is 23.9 Å². The number of aliphatic hydroxyl groups is 2. The molecule has 7 nitrogen and oxygen atoms in total. The molecule has 2 unspecified atom stereocenters. The van der Waals surface area contributed by atoms with Crippen molar-refractivity contribution in [2.24, 2.45) is 0 Å². The highest BCUT2D eigenvalue weighted by molar-refractivity contribution is 5.83. The van der Waals surface area contributed by atoms with E-state index in [1.165, 1.54) is 148 Å². The van der Waals surface area contributed by atoms with Gasteiger partial charge in [-0.15, -0.1) is 0 Å². The molecule has 0 bridgehead atoms. The summed E-state index contributed by atoms with van der Waals surface area (Å²) in [5.41, 5.74) is 0. The second-order valence-corrected chi connectivity index (χ2v) is 17.8. The summed E-state index contributed by atoms with van der Waals surface area (Å²) in [4.78, 5) is 33.6. The van der Waals surface area contributed by atoms with Crippen molar-refractivity contribution in [3.05, 3.63) is 24.3 Å². The molecular formula is C54H102O7. The van der Waals surface area contributed by atoms with Gasteiger partial charge in [0.05, 0.1) is 18.8 Å². The van der Waals surface area contributed by atoms with Crippen LogP contribution in [0.1, 0.15) is 285 Å². The van der Waals surface area contributed by atoms with Gasteiger partial charge in [-0.1, -0.05) is 218 Å². The smallest absolute Gasteiger partial charge is 0.313 e. The van der Waals surface area contributed by atoms with E-state index in [1.807, 2.05) is 0 Å². The van der Waals surface area contributed by atoms with E-state index in [-0.39, 0.29) is 18.2 Å². The van der Waals surface area contributed by atoms with Crippen LogP contribution in [0.3, 0.4) is 0 Å². The molecule has 0 aromatic rings. The average molecular weight is 863 g/mol. The van der Waals surface area contributed by atoms with Crippen molar-refractivity contribution < 1.29 is 34.1 Å². The van der Waals surface area contributed by atoms with Gasteiger partial charge in [0.2, 0.25) is 0 Å². The minimum Gasteiger partial charge on any atom is -0.466 e. The Morgan fingerprint density at radius 3 is 1.13 bits per heavy atom. The van der Waals surface area contributed by atoms with Crippen LogP contribution in [-0.4, -0.2) is 46.9 Å². The van der Waals surface area contributed by atoms with Gasteiger partial charge >= 0.3 is 17.9 Å². The highest BCUT2D eigenvalue weighted by Gasteiger charge is 2.06. The lowest BCUT2D eigenvalue weighted by Gasteiger charge is -2.07. The van der Waals surface area contributed by atoms with Gasteiger partial charge < -0.3 is 19.7 Å². The van der Waals surface area contributed by atoms with Crippen LogP contribution in [0.15, 0.2) is 24.3 Å². The van der Waals surface area contributed by atoms with E-state index in [0.717, 1.165) is 103 Å². The molecule has 0 saturated heterocycles. The fourth-order valence-electron chi connectivity index (χ4n) is 7.48. The third-order valence-corrected chi connectivity index (χ3v) is 11.5. The summed E-state index contributed by atoms with van der Waals surface area (Å²) < 4.78 is 9.88. The first-order valence-electron chi connectivity index (χ1n) is 26.3. The number of rotatable bonds is 45. The lowest BCUT2D eigenvalue weighted by atomic mass is 10.0. The van der Waals surface area contributed by atoms with E-state index in [9.17, 15) is 24.6 Å². The van der Waals surface area contributed by atoms with Crippen LogP contribution in [0.5, 0.6) is 0 Å². The molecule has 2 atom stereocenters. The number of carbonyl (C=O) groups excluding carboxylic acids is 3. The molecule has 61 heavy (non-hydrogen) atoms. The lowest BCUT2D eigenvalue weighted by Crippen LogP contribution is -2.08. The van der Waals surface area contributed by atoms with Crippen molar-refractivity contribution in [2.75, 3.05) is 6.61 Å². The number of allylic oxidation sites excluding steroid dienone is 2. The highest BCUT2D eigenvalue weighted by Crippen LogP contribution is 2.15. The Kier molecular flexibility index (Phi) is 52.4. The summed E-state index contributed by atoms with van der Waals surface area (Å²) in [6, 6.07) is 0. The van der Waals surface area contributed by atoms with Crippen LogP contribution in [0.25, 0.3) is 0 Å². The Labute approximate surface area is 378 Å². The Morgan fingerprint density at radius 1 is 0.410 bits per heavy atom. The maximum absolute atomic E-state index is 11.9. The normalized spacial score (nSPS) is 12.4. The number of unbranched alkanes of at least 4 members (excludes halogenated alkanes) is 29. The molecule has 0 rings (SSSR count). The Hall–Kier alpha value is -1.99. The minimum atomic E-state index is -0.530. The van der Waals surface area contributed by atoms with E-state index >= 15 is 0 Å². The molecule has 0 aromatic heterocycles. The van der Waals surface area contributed by atoms with Crippen LogP contribution in [0.2, 0.25) is 0 Å². The van der Waals surface area contributed by atoms with Gasteiger partial charge in [0.25, 0.3) is 0 Å². The molecule has 0 saturated carbocycles. The van der Waals surface area contributed by atoms with E-state index < -0.39 is 11.9 Å². The largest absolute Gasteiger partial charge is 0.466 e. The predicted octanol–water partition coefficient (Wildman–Crippen LogP) is 16.1. The molecule has 2 N–H and O–H groups in total. The molecule has 0 amide bonds. The molecule has 360 valence electrons. The van der Waals surface area contributed by atoms with Crippen LogP contribution < -0.4 is 0 Å². The van der Waals surface area contributed by atoms with Crippen LogP contribution in [0.4, 0.5) is 0 Å². The van der Waals surface area contributed by atoms with Gasteiger partial charge in [-0.25, -0.2) is 0 Å². The molecule has 0 fully saturated rings. The summed E-state index contributed by atoms with van der Waals surface area (Å²) in [5.74, 6) is -0.956. The Balaban J connectivity index is 0. The van der Waals surface area contributed by atoms with Crippen molar-refractivity contribution >= 4 is 17.9 Å². The quantitative estimate of drug-likeness (QED) is 0.0271. The highest BCUT2D eigenvalue weighted by atomic mass is 16.6. The first-order chi connectivity index (χ1) is 29.8. The van der Waals surface area contributed by atoms with Crippen LogP contribution >= 0.6 is 0 Å². The molecule has 0 aliphatic rings. The third kappa shape index (κ3) is 56.0. The summed E-state index contributed by atoms with van der Waals surface area (Å²) in [7, 11) is 0.